The molecule has 0 aliphatic carbocycles. The van der Waals surface area contributed by atoms with Crippen LogP contribution in [0.5, 0.6) is 0 Å². The van der Waals surface area contributed by atoms with E-state index in [1.165, 1.54) is 9.75 Å². The van der Waals surface area contributed by atoms with Crippen molar-refractivity contribution in [2.24, 2.45) is 5.84 Å². The van der Waals surface area contributed by atoms with E-state index in [1.807, 2.05) is 13.8 Å². The number of nitrogens with one attached hydrogen (secondary N) is 2. The van der Waals surface area contributed by atoms with Gasteiger partial charge in [0.2, 0.25) is 0 Å². The minimum atomic E-state index is 0.206. The number of aryl methyl sites for hydroxylation is 2. The molecule has 1 unspecified atom stereocenters. The van der Waals surface area contributed by atoms with E-state index in [9.17, 15) is 0 Å². The topological polar surface area (TPSA) is 75.9 Å². The quantitative estimate of drug-likeness (QED) is 0.582. The molecule has 5 nitrogen and oxygen atoms in total. The second-order valence-electron chi connectivity index (χ2n) is 4.77. The Hall–Kier alpha value is -1.66. The monoisotopic (exact) mass is 291 g/mol. The van der Waals surface area contributed by atoms with Gasteiger partial charge < -0.3 is 10.7 Å². The van der Waals surface area contributed by atoms with Crippen molar-refractivity contribution >= 4 is 23.0 Å². The molecule has 2 rings (SSSR count). The number of thiophene rings is 1. The van der Waals surface area contributed by atoms with Crippen molar-refractivity contribution in [3.8, 4) is 0 Å². The third-order valence-electron chi connectivity index (χ3n) is 3.19. The van der Waals surface area contributed by atoms with Crippen molar-refractivity contribution in [3.63, 3.8) is 0 Å². The van der Waals surface area contributed by atoms with Gasteiger partial charge in [0.25, 0.3) is 0 Å². The molecule has 20 heavy (non-hydrogen) atoms. The summed E-state index contributed by atoms with van der Waals surface area (Å²) in [6, 6.07) is 4.49. The molecule has 108 valence electrons. The van der Waals surface area contributed by atoms with E-state index in [0.717, 1.165) is 23.6 Å². The van der Waals surface area contributed by atoms with Gasteiger partial charge in [-0.25, -0.2) is 15.8 Å². The first-order chi connectivity index (χ1) is 9.55. The molecule has 0 saturated heterocycles. The summed E-state index contributed by atoms with van der Waals surface area (Å²) >= 11 is 1.79. The molecule has 0 aliphatic heterocycles. The summed E-state index contributed by atoms with van der Waals surface area (Å²) in [6.07, 6.45) is 0.774. The third kappa shape index (κ3) is 3.08. The Bertz CT molecular complexity index is 593. The Kier molecular flexibility index (Phi) is 4.57. The predicted octanol–water partition coefficient (Wildman–Crippen LogP) is 3.18. The van der Waals surface area contributed by atoms with Gasteiger partial charge in [-0.05, 0) is 32.9 Å². The lowest BCUT2D eigenvalue weighted by Crippen LogP contribution is -2.16. The molecule has 0 aromatic carbocycles. The Morgan fingerprint density at radius 3 is 2.50 bits per heavy atom. The predicted molar refractivity (Wildman–Crippen MR) is 85.1 cm³/mol. The zero-order valence-corrected chi connectivity index (χ0v) is 13.1. The SMILES string of the molecule is CCc1nc(NN)c(C)c(NC(C)c2ccc(C)s2)n1. The standard InChI is InChI=1S/C14H21N5S/c1-5-12-17-13(9(3)14(18-12)19-15)16-10(4)11-7-6-8(2)20-11/h6-7,10H,5,15H2,1-4H3,(H2,16,17,18,19). The molecule has 0 fully saturated rings. The van der Waals surface area contributed by atoms with Gasteiger partial charge in [-0.1, -0.05) is 6.92 Å². The van der Waals surface area contributed by atoms with Crippen molar-refractivity contribution < 1.29 is 0 Å². The van der Waals surface area contributed by atoms with E-state index in [2.05, 4.69) is 46.7 Å². The molecule has 0 radical (unpaired) electrons. The van der Waals surface area contributed by atoms with Crippen LogP contribution in [0.4, 0.5) is 11.6 Å². The Labute approximate surface area is 123 Å². The molecule has 6 heteroatoms. The fraction of sp³-hybridized carbons (Fsp3) is 0.429. The number of hydrazine groups is 1. The lowest BCUT2D eigenvalue weighted by molar-refractivity contribution is 0.865. The van der Waals surface area contributed by atoms with Gasteiger partial charge in [-0.3, -0.25) is 0 Å². The second kappa shape index (κ2) is 6.19. The van der Waals surface area contributed by atoms with E-state index in [0.29, 0.717) is 5.82 Å². The second-order valence-corrected chi connectivity index (χ2v) is 6.09. The summed E-state index contributed by atoms with van der Waals surface area (Å²) in [5, 5.41) is 3.45. The Balaban J connectivity index is 2.28. The van der Waals surface area contributed by atoms with E-state index >= 15 is 0 Å². The molecule has 0 spiro atoms. The van der Waals surface area contributed by atoms with Crippen LogP contribution in [0.25, 0.3) is 0 Å². The summed E-state index contributed by atoms with van der Waals surface area (Å²) in [5.41, 5.74) is 3.57. The van der Waals surface area contributed by atoms with Gasteiger partial charge in [0.1, 0.15) is 17.5 Å². The van der Waals surface area contributed by atoms with Crippen LogP contribution in [0.2, 0.25) is 0 Å². The minimum absolute atomic E-state index is 0.206. The normalized spacial score (nSPS) is 12.2. The van der Waals surface area contributed by atoms with Crippen LogP contribution >= 0.6 is 11.3 Å². The summed E-state index contributed by atoms with van der Waals surface area (Å²) in [5.74, 6) is 7.81. The van der Waals surface area contributed by atoms with E-state index < -0.39 is 0 Å². The summed E-state index contributed by atoms with van der Waals surface area (Å²) in [6.45, 7) is 8.24. The highest BCUT2D eigenvalue weighted by atomic mass is 32.1. The summed E-state index contributed by atoms with van der Waals surface area (Å²) in [4.78, 5) is 11.5. The van der Waals surface area contributed by atoms with Crippen molar-refractivity contribution in [2.75, 3.05) is 10.7 Å². The highest BCUT2D eigenvalue weighted by Crippen LogP contribution is 2.28. The van der Waals surface area contributed by atoms with Crippen LogP contribution in [0.15, 0.2) is 12.1 Å². The number of nitrogens with zero attached hydrogens (tertiary/aromatic N) is 2. The number of aromatic nitrogens is 2. The average molecular weight is 291 g/mol. The fourth-order valence-electron chi connectivity index (χ4n) is 1.96. The fourth-order valence-corrected chi connectivity index (χ4v) is 2.84. The van der Waals surface area contributed by atoms with Gasteiger partial charge in [-0.2, -0.15) is 0 Å². The number of nitrogen functional groups attached to an aromatic ring is 1. The van der Waals surface area contributed by atoms with Gasteiger partial charge in [0.05, 0.1) is 6.04 Å². The molecule has 0 aliphatic rings. The van der Waals surface area contributed by atoms with Crippen LogP contribution in [0.3, 0.4) is 0 Å². The first kappa shape index (κ1) is 14.7. The number of hydrogen-bond acceptors (Lipinski definition) is 6. The maximum absolute atomic E-state index is 5.52. The Morgan fingerprint density at radius 1 is 1.25 bits per heavy atom. The molecule has 0 amide bonds. The smallest absolute Gasteiger partial charge is 0.148 e. The molecule has 2 aromatic heterocycles. The lowest BCUT2D eigenvalue weighted by atomic mass is 10.2. The van der Waals surface area contributed by atoms with Gasteiger partial charge in [0, 0.05) is 21.7 Å². The van der Waals surface area contributed by atoms with Gasteiger partial charge in [0.15, 0.2) is 0 Å². The number of rotatable bonds is 5. The van der Waals surface area contributed by atoms with Crippen molar-refractivity contribution in [1.82, 2.24) is 9.97 Å². The molecule has 2 aromatic rings. The van der Waals surface area contributed by atoms with Crippen molar-refractivity contribution in [1.29, 1.82) is 0 Å². The summed E-state index contributed by atoms with van der Waals surface area (Å²) < 4.78 is 0. The molecule has 4 N–H and O–H groups in total. The highest BCUT2D eigenvalue weighted by molar-refractivity contribution is 7.12. The number of hydrogen-bond donors (Lipinski definition) is 3. The molecular formula is C14H21N5S. The number of nitrogens with two attached hydrogens (primary N) is 1. The molecule has 1 atom stereocenters. The molecule has 2 heterocycles. The van der Waals surface area contributed by atoms with Crippen LogP contribution < -0.4 is 16.6 Å². The van der Waals surface area contributed by atoms with Gasteiger partial charge in [-0.15, -0.1) is 11.3 Å². The molecular weight excluding hydrogens is 270 g/mol. The molecule has 0 saturated carbocycles. The van der Waals surface area contributed by atoms with Crippen LogP contribution in [0.1, 0.15) is 41.0 Å². The Morgan fingerprint density at radius 2 is 1.95 bits per heavy atom. The maximum atomic E-state index is 5.52. The average Bonchev–Trinajstić information content (AvgIpc) is 2.87. The molecule has 0 bridgehead atoms. The van der Waals surface area contributed by atoms with Crippen molar-refractivity contribution in [3.05, 3.63) is 33.3 Å². The number of anilines is 2. The minimum Gasteiger partial charge on any atom is -0.362 e. The first-order valence-corrected chi connectivity index (χ1v) is 7.53. The van der Waals surface area contributed by atoms with E-state index in [-0.39, 0.29) is 6.04 Å². The lowest BCUT2D eigenvalue weighted by Gasteiger charge is -2.17. The maximum Gasteiger partial charge on any atom is 0.148 e. The van der Waals surface area contributed by atoms with E-state index in [4.69, 9.17) is 5.84 Å². The first-order valence-electron chi connectivity index (χ1n) is 6.72. The van der Waals surface area contributed by atoms with Crippen LogP contribution in [-0.4, -0.2) is 9.97 Å². The van der Waals surface area contributed by atoms with Gasteiger partial charge >= 0.3 is 0 Å². The zero-order valence-electron chi connectivity index (χ0n) is 12.3. The van der Waals surface area contributed by atoms with Crippen LogP contribution in [0, 0.1) is 13.8 Å². The largest absolute Gasteiger partial charge is 0.362 e. The van der Waals surface area contributed by atoms with E-state index in [1.54, 1.807) is 11.3 Å². The highest BCUT2D eigenvalue weighted by Gasteiger charge is 2.13. The van der Waals surface area contributed by atoms with Crippen LogP contribution in [-0.2, 0) is 6.42 Å². The third-order valence-corrected chi connectivity index (χ3v) is 4.37. The van der Waals surface area contributed by atoms with Crippen molar-refractivity contribution in [2.45, 2.75) is 40.2 Å². The zero-order chi connectivity index (χ0) is 14.7. The summed E-state index contributed by atoms with van der Waals surface area (Å²) in [7, 11) is 0.